The molecule has 2 amide bonds. The van der Waals surface area contributed by atoms with Gasteiger partial charge in [-0.05, 0) is 18.9 Å². The Morgan fingerprint density at radius 1 is 1.12 bits per heavy atom. The first-order valence-corrected chi connectivity index (χ1v) is 8.58. The Kier molecular flexibility index (Phi) is 6.92. The van der Waals surface area contributed by atoms with Gasteiger partial charge in [0.05, 0.1) is 18.7 Å². The molecule has 1 fully saturated rings. The molecule has 1 saturated heterocycles. The van der Waals surface area contributed by atoms with Crippen LogP contribution in [-0.2, 0) is 16.0 Å². The second-order valence-corrected chi connectivity index (χ2v) is 6.24. The minimum absolute atomic E-state index is 0.111. The molecule has 138 valence electrons. The van der Waals surface area contributed by atoms with E-state index in [4.69, 9.17) is 0 Å². The van der Waals surface area contributed by atoms with Crippen LogP contribution in [0.25, 0.3) is 0 Å². The summed E-state index contributed by atoms with van der Waals surface area (Å²) in [5.41, 5.74) is 0.997. The molecule has 0 aliphatic carbocycles. The molecule has 0 spiro atoms. The Morgan fingerprint density at radius 2 is 1.76 bits per heavy atom. The molecule has 1 heterocycles. The topological polar surface area (TPSA) is 110 Å². The predicted molar refractivity (Wildman–Crippen MR) is 91.6 cm³/mol. The number of likely N-dealkylation sites (tertiary alicyclic amines) is 1. The van der Waals surface area contributed by atoms with Gasteiger partial charge in [0.15, 0.2) is 0 Å². The molecule has 0 unspecified atom stereocenters. The molecular formula is C18H26N2O5. The first kappa shape index (κ1) is 19.4. The highest BCUT2D eigenvalue weighted by Crippen LogP contribution is 2.28. The number of hydrogen-bond acceptors (Lipinski definition) is 5. The van der Waals surface area contributed by atoms with E-state index in [1.807, 2.05) is 30.3 Å². The fourth-order valence-corrected chi connectivity index (χ4v) is 3.30. The number of nitrogens with zero attached hydrogens (tertiary/aromatic N) is 1. The van der Waals surface area contributed by atoms with E-state index in [1.165, 1.54) is 4.90 Å². The van der Waals surface area contributed by atoms with Crippen molar-refractivity contribution in [3.05, 3.63) is 35.9 Å². The van der Waals surface area contributed by atoms with Gasteiger partial charge in [0, 0.05) is 19.4 Å². The van der Waals surface area contributed by atoms with Crippen molar-refractivity contribution in [2.24, 2.45) is 0 Å². The Hall–Kier alpha value is -1.96. The largest absolute Gasteiger partial charge is 0.394 e. The number of rotatable bonds is 7. The van der Waals surface area contributed by atoms with Crippen LogP contribution in [0.4, 0.5) is 0 Å². The van der Waals surface area contributed by atoms with E-state index < -0.39 is 30.9 Å². The lowest BCUT2D eigenvalue weighted by Gasteiger charge is -2.29. The molecule has 0 aromatic heterocycles. The van der Waals surface area contributed by atoms with Crippen LogP contribution in [0, 0.1) is 0 Å². The zero-order valence-electron chi connectivity index (χ0n) is 14.3. The zero-order valence-corrected chi connectivity index (χ0v) is 14.3. The van der Waals surface area contributed by atoms with E-state index >= 15 is 0 Å². The average Bonchev–Trinajstić information content (AvgIpc) is 2.85. The molecule has 7 heteroatoms. The number of carbonyl (C=O) groups is 2. The van der Waals surface area contributed by atoms with Crippen LogP contribution >= 0.6 is 0 Å². The highest BCUT2D eigenvalue weighted by Gasteiger charge is 2.49. The van der Waals surface area contributed by atoms with Crippen LogP contribution in [0.2, 0.25) is 0 Å². The van der Waals surface area contributed by atoms with Gasteiger partial charge in [-0.15, -0.1) is 0 Å². The molecule has 4 N–H and O–H groups in total. The second kappa shape index (κ2) is 8.94. The molecule has 2 rings (SSSR count). The normalized spacial score (nSPS) is 25.8. The molecule has 1 aromatic rings. The van der Waals surface area contributed by atoms with Gasteiger partial charge < -0.3 is 25.5 Å². The highest BCUT2D eigenvalue weighted by molar-refractivity contribution is 5.81. The quantitative estimate of drug-likeness (QED) is 0.527. The second-order valence-electron chi connectivity index (χ2n) is 6.24. The summed E-state index contributed by atoms with van der Waals surface area (Å²) in [5, 5.41) is 32.6. The van der Waals surface area contributed by atoms with Gasteiger partial charge >= 0.3 is 0 Å². The van der Waals surface area contributed by atoms with Gasteiger partial charge in [0.2, 0.25) is 11.8 Å². The third kappa shape index (κ3) is 4.56. The summed E-state index contributed by atoms with van der Waals surface area (Å²) in [7, 11) is 0. The molecular weight excluding hydrogens is 324 g/mol. The summed E-state index contributed by atoms with van der Waals surface area (Å²) >= 11 is 0. The number of carbonyl (C=O) groups excluding carboxylic acids is 2. The number of hydrogen-bond donors (Lipinski definition) is 4. The molecule has 1 aliphatic heterocycles. The summed E-state index contributed by atoms with van der Waals surface area (Å²) in [5.74, 6) is -0.606. The molecule has 7 nitrogen and oxygen atoms in total. The lowest BCUT2D eigenvalue weighted by molar-refractivity contribution is -0.137. The number of aryl methyl sites for hydroxylation is 1. The lowest BCUT2D eigenvalue weighted by Crippen LogP contribution is -2.47. The molecule has 0 bridgehead atoms. The fraction of sp³-hybridized carbons (Fsp3) is 0.556. The Bertz CT molecular complexity index is 580. The van der Waals surface area contributed by atoms with Crippen molar-refractivity contribution in [2.45, 2.75) is 50.5 Å². The fourth-order valence-electron chi connectivity index (χ4n) is 3.30. The summed E-state index contributed by atoms with van der Waals surface area (Å²) in [6.45, 7) is 1.74. The van der Waals surface area contributed by atoms with Crippen molar-refractivity contribution in [1.82, 2.24) is 10.2 Å². The molecule has 1 aliphatic rings. The van der Waals surface area contributed by atoms with Crippen LogP contribution in [0.15, 0.2) is 30.3 Å². The lowest BCUT2D eigenvalue weighted by atomic mass is 10.1. The van der Waals surface area contributed by atoms with Crippen molar-refractivity contribution >= 4 is 11.8 Å². The monoisotopic (exact) mass is 350 g/mol. The maximum atomic E-state index is 12.7. The predicted octanol–water partition coefficient (Wildman–Crippen LogP) is -0.561. The molecule has 1 aromatic carbocycles. The van der Waals surface area contributed by atoms with Crippen molar-refractivity contribution in [3.63, 3.8) is 0 Å². The number of benzene rings is 1. The van der Waals surface area contributed by atoms with E-state index in [2.05, 4.69) is 5.32 Å². The van der Waals surface area contributed by atoms with Gasteiger partial charge in [-0.2, -0.15) is 0 Å². The van der Waals surface area contributed by atoms with E-state index in [0.29, 0.717) is 13.0 Å². The molecule has 4 atom stereocenters. The van der Waals surface area contributed by atoms with Crippen LogP contribution in [0.5, 0.6) is 0 Å². The minimum atomic E-state index is -1.27. The first-order chi connectivity index (χ1) is 12.0. The average molecular weight is 350 g/mol. The van der Waals surface area contributed by atoms with Crippen molar-refractivity contribution in [2.75, 3.05) is 13.2 Å². The highest BCUT2D eigenvalue weighted by atomic mass is 16.3. The number of amides is 2. The van der Waals surface area contributed by atoms with Crippen LogP contribution in [0.3, 0.4) is 0 Å². The van der Waals surface area contributed by atoms with Crippen molar-refractivity contribution in [1.29, 1.82) is 0 Å². The zero-order chi connectivity index (χ0) is 18.4. The Balaban J connectivity index is 2.10. The third-order valence-electron chi connectivity index (χ3n) is 4.57. The van der Waals surface area contributed by atoms with E-state index in [-0.39, 0.29) is 24.7 Å². The van der Waals surface area contributed by atoms with E-state index in [9.17, 15) is 24.9 Å². The third-order valence-corrected chi connectivity index (χ3v) is 4.57. The maximum Gasteiger partial charge on any atom is 0.223 e. The molecule has 0 radical (unpaired) electrons. The van der Waals surface area contributed by atoms with Gasteiger partial charge in [-0.3, -0.25) is 9.59 Å². The minimum Gasteiger partial charge on any atom is -0.394 e. The van der Waals surface area contributed by atoms with Gasteiger partial charge in [0.1, 0.15) is 12.2 Å². The standard InChI is InChI=1S/C18H26N2O5/c1-2-19-15(22)10-13-17(24)18(25)14(11-21)20(13)16(23)9-8-12-6-4-3-5-7-12/h3-7,13-14,17-18,21,24-25H,2,8-11H2,1H3,(H,19,22)/t13-,14-,17-,18-/m1/s1. The van der Waals surface area contributed by atoms with Crippen molar-refractivity contribution < 1.29 is 24.9 Å². The SMILES string of the molecule is CCNC(=O)C[C@@H]1[C@@H](O)[C@H](O)[C@@H](CO)N1C(=O)CCc1ccccc1. The smallest absolute Gasteiger partial charge is 0.223 e. The summed E-state index contributed by atoms with van der Waals surface area (Å²) in [4.78, 5) is 25.9. The maximum absolute atomic E-state index is 12.7. The Labute approximate surface area is 147 Å². The van der Waals surface area contributed by atoms with Crippen molar-refractivity contribution in [3.8, 4) is 0 Å². The molecule has 0 saturated carbocycles. The number of aliphatic hydroxyl groups excluding tert-OH is 3. The number of aliphatic hydroxyl groups is 3. The van der Waals surface area contributed by atoms with Gasteiger partial charge in [0.25, 0.3) is 0 Å². The summed E-state index contributed by atoms with van der Waals surface area (Å²) in [6.07, 6.45) is -1.97. The van der Waals surface area contributed by atoms with Crippen LogP contribution < -0.4 is 5.32 Å². The first-order valence-electron chi connectivity index (χ1n) is 8.58. The number of nitrogens with one attached hydrogen (secondary N) is 1. The van der Waals surface area contributed by atoms with Crippen LogP contribution in [0.1, 0.15) is 25.3 Å². The van der Waals surface area contributed by atoms with Gasteiger partial charge in [-0.1, -0.05) is 30.3 Å². The molecule has 25 heavy (non-hydrogen) atoms. The van der Waals surface area contributed by atoms with Gasteiger partial charge in [-0.25, -0.2) is 0 Å². The van der Waals surface area contributed by atoms with Crippen LogP contribution in [-0.4, -0.2) is 69.5 Å². The van der Waals surface area contributed by atoms with E-state index in [1.54, 1.807) is 6.92 Å². The van der Waals surface area contributed by atoms with E-state index in [0.717, 1.165) is 5.56 Å². The summed E-state index contributed by atoms with van der Waals surface area (Å²) in [6, 6.07) is 7.74. The Morgan fingerprint density at radius 3 is 2.36 bits per heavy atom. The summed E-state index contributed by atoms with van der Waals surface area (Å²) < 4.78 is 0.